The molecule has 0 bridgehead atoms. The SMILES string of the molecule is C[C@H]1CN(C(=O)c2ccc(Cn3cc(Cl)cn3)o2)C[C@H]1N(C)C. The van der Waals surface area contributed by atoms with Gasteiger partial charge in [0.1, 0.15) is 5.76 Å². The average Bonchev–Trinajstić information content (AvgIpc) is 3.19. The molecule has 1 amide bonds. The second-order valence-corrected chi connectivity index (χ2v) is 6.78. The van der Waals surface area contributed by atoms with Crippen molar-refractivity contribution in [2.45, 2.75) is 19.5 Å². The second kappa shape index (κ2) is 6.37. The summed E-state index contributed by atoms with van der Waals surface area (Å²) in [6.45, 7) is 4.12. The van der Waals surface area contributed by atoms with Crippen LogP contribution in [0.4, 0.5) is 0 Å². The molecule has 7 heteroatoms. The predicted molar refractivity (Wildman–Crippen MR) is 87.6 cm³/mol. The van der Waals surface area contributed by atoms with E-state index in [-0.39, 0.29) is 5.91 Å². The van der Waals surface area contributed by atoms with Crippen LogP contribution in [0.5, 0.6) is 0 Å². The molecule has 2 aromatic rings. The summed E-state index contributed by atoms with van der Waals surface area (Å²) in [6, 6.07) is 3.93. The maximum absolute atomic E-state index is 12.6. The van der Waals surface area contributed by atoms with Gasteiger partial charge in [-0.1, -0.05) is 18.5 Å². The Bertz CT molecular complexity index is 694. The zero-order chi connectivity index (χ0) is 16.6. The number of hydrogen-bond acceptors (Lipinski definition) is 4. The Balaban J connectivity index is 1.67. The average molecular weight is 337 g/mol. The number of carbonyl (C=O) groups excluding carboxylic acids is 1. The third kappa shape index (κ3) is 3.43. The molecule has 0 saturated carbocycles. The number of likely N-dealkylation sites (tertiary alicyclic amines) is 1. The number of aromatic nitrogens is 2. The molecule has 2 atom stereocenters. The third-order valence-corrected chi connectivity index (χ3v) is 4.51. The van der Waals surface area contributed by atoms with Gasteiger partial charge >= 0.3 is 0 Å². The first kappa shape index (κ1) is 16.1. The van der Waals surface area contributed by atoms with Crippen molar-refractivity contribution in [3.63, 3.8) is 0 Å². The minimum atomic E-state index is -0.0500. The quantitative estimate of drug-likeness (QED) is 0.859. The summed E-state index contributed by atoms with van der Waals surface area (Å²) in [5.74, 6) is 1.47. The highest BCUT2D eigenvalue weighted by molar-refractivity contribution is 6.30. The van der Waals surface area contributed by atoms with E-state index in [1.54, 1.807) is 23.1 Å². The van der Waals surface area contributed by atoms with Crippen molar-refractivity contribution in [1.29, 1.82) is 0 Å². The molecule has 0 unspecified atom stereocenters. The molecule has 0 N–H and O–H groups in total. The Kier molecular flexibility index (Phi) is 4.46. The van der Waals surface area contributed by atoms with E-state index in [1.807, 2.05) is 11.0 Å². The summed E-state index contributed by atoms with van der Waals surface area (Å²) in [4.78, 5) is 16.6. The Morgan fingerprint density at radius 2 is 2.22 bits per heavy atom. The van der Waals surface area contributed by atoms with Crippen molar-refractivity contribution in [1.82, 2.24) is 19.6 Å². The summed E-state index contributed by atoms with van der Waals surface area (Å²) >= 11 is 5.84. The first-order chi connectivity index (χ1) is 10.9. The highest BCUT2D eigenvalue weighted by Crippen LogP contribution is 2.22. The molecule has 1 aliphatic rings. The summed E-state index contributed by atoms with van der Waals surface area (Å²) < 4.78 is 7.37. The van der Waals surface area contributed by atoms with E-state index >= 15 is 0 Å². The minimum absolute atomic E-state index is 0.0500. The Morgan fingerprint density at radius 3 is 2.83 bits per heavy atom. The molecule has 3 heterocycles. The number of rotatable bonds is 4. The normalized spacial score (nSPS) is 21.3. The van der Waals surface area contributed by atoms with Gasteiger partial charge in [0, 0.05) is 25.3 Å². The molecule has 1 saturated heterocycles. The molecule has 6 nitrogen and oxygen atoms in total. The monoisotopic (exact) mass is 336 g/mol. The summed E-state index contributed by atoms with van der Waals surface area (Å²) in [5.41, 5.74) is 0. The van der Waals surface area contributed by atoms with Gasteiger partial charge in [-0.25, -0.2) is 0 Å². The molecule has 3 rings (SSSR count). The fourth-order valence-electron chi connectivity index (χ4n) is 3.11. The van der Waals surface area contributed by atoms with Crippen LogP contribution in [0, 0.1) is 5.92 Å². The fourth-order valence-corrected chi connectivity index (χ4v) is 3.26. The van der Waals surface area contributed by atoms with Crippen LogP contribution in [-0.2, 0) is 6.54 Å². The first-order valence-electron chi connectivity index (χ1n) is 7.66. The van der Waals surface area contributed by atoms with Crippen molar-refractivity contribution in [2.75, 3.05) is 27.2 Å². The van der Waals surface area contributed by atoms with E-state index in [9.17, 15) is 4.79 Å². The summed E-state index contributed by atoms with van der Waals surface area (Å²) in [5, 5.41) is 4.68. The molecule has 23 heavy (non-hydrogen) atoms. The van der Waals surface area contributed by atoms with E-state index in [4.69, 9.17) is 16.0 Å². The van der Waals surface area contributed by atoms with Gasteiger partial charge in [-0.2, -0.15) is 5.10 Å². The number of amides is 1. The smallest absolute Gasteiger partial charge is 0.289 e. The van der Waals surface area contributed by atoms with Crippen LogP contribution in [0.15, 0.2) is 28.9 Å². The van der Waals surface area contributed by atoms with Crippen LogP contribution in [0.1, 0.15) is 23.2 Å². The van der Waals surface area contributed by atoms with Crippen LogP contribution in [0.2, 0.25) is 5.02 Å². The maximum Gasteiger partial charge on any atom is 0.289 e. The van der Waals surface area contributed by atoms with Crippen LogP contribution in [0.25, 0.3) is 0 Å². The Hall–Kier alpha value is -1.79. The van der Waals surface area contributed by atoms with Crippen molar-refractivity contribution < 1.29 is 9.21 Å². The lowest BCUT2D eigenvalue weighted by molar-refractivity contribution is 0.0747. The van der Waals surface area contributed by atoms with Crippen LogP contribution < -0.4 is 0 Å². The van der Waals surface area contributed by atoms with Crippen LogP contribution in [0.3, 0.4) is 0 Å². The van der Waals surface area contributed by atoms with Gasteiger partial charge < -0.3 is 14.2 Å². The zero-order valence-corrected chi connectivity index (χ0v) is 14.3. The molecular weight excluding hydrogens is 316 g/mol. The van der Waals surface area contributed by atoms with Gasteiger partial charge in [-0.15, -0.1) is 0 Å². The van der Waals surface area contributed by atoms with Gasteiger partial charge in [-0.3, -0.25) is 9.48 Å². The number of hydrogen-bond donors (Lipinski definition) is 0. The lowest BCUT2D eigenvalue weighted by Crippen LogP contribution is -2.35. The van der Waals surface area contributed by atoms with E-state index in [2.05, 4.69) is 31.0 Å². The standard InChI is InChI=1S/C16H21ClN4O2/c1-11-7-20(10-14(11)19(2)3)16(22)15-5-4-13(23-15)9-21-8-12(17)6-18-21/h4-6,8,11,14H,7,9-10H2,1-3H3/t11-,14+/m0/s1. The topological polar surface area (TPSA) is 54.5 Å². The number of halogens is 1. The molecule has 0 radical (unpaired) electrons. The highest BCUT2D eigenvalue weighted by atomic mass is 35.5. The molecule has 0 spiro atoms. The van der Waals surface area contributed by atoms with Gasteiger partial charge in [0.25, 0.3) is 5.91 Å². The third-order valence-electron chi connectivity index (χ3n) is 4.32. The molecular formula is C16H21ClN4O2. The van der Waals surface area contributed by atoms with Crippen LogP contribution >= 0.6 is 11.6 Å². The van der Waals surface area contributed by atoms with Gasteiger partial charge in [0.15, 0.2) is 5.76 Å². The molecule has 0 aromatic carbocycles. The number of furan rings is 1. The van der Waals surface area contributed by atoms with Crippen LogP contribution in [-0.4, -0.2) is 58.7 Å². The largest absolute Gasteiger partial charge is 0.454 e. The fraction of sp³-hybridized carbons (Fsp3) is 0.500. The first-order valence-corrected chi connectivity index (χ1v) is 8.04. The number of likely N-dealkylation sites (N-methyl/N-ethyl adjacent to an activating group) is 1. The lowest BCUT2D eigenvalue weighted by atomic mass is 10.1. The van der Waals surface area contributed by atoms with Gasteiger partial charge in [-0.05, 0) is 32.1 Å². The summed E-state index contributed by atoms with van der Waals surface area (Å²) in [7, 11) is 4.10. The predicted octanol–water partition coefficient (Wildman–Crippen LogP) is 2.20. The summed E-state index contributed by atoms with van der Waals surface area (Å²) in [6.07, 6.45) is 3.29. The number of carbonyl (C=O) groups is 1. The van der Waals surface area contributed by atoms with E-state index < -0.39 is 0 Å². The molecule has 124 valence electrons. The van der Waals surface area contributed by atoms with E-state index in [0.29, 0.717) is 35.0 Å². The Labute approximate surface area is 140 Å². The lowest BCUT2D eigenvalue weighted by Gasteiger charge is -2.22. The molecule has 2 aromatic heterocycles. The van der Waals surface area contributed by atoms with E-state index in [1.165, 1.54) is 0 Å². The van der Waals surface area contributed by atoms with Crippen molar-refractivity contribution in [2.24, 2.45) is 5.92 Å². The van der Waals surface area contributed by atoms with Gasteiger partial charge in [0.05, 0.1) is 17.8 Å². The highest BCUT2D eigenvalue weighted by Gasteiger charge is 2.34. The minimum Gasteiger partial charge on any atom is -0.454 e. The van der Waals surface area contributed by atoms with Gasteiger partial charge in [0.2, 0.25) is 0 Å². The Morgan fingerprint density at radius 1 is 1.43 bits per heavy atom. The second-order valence-electron chi connectivity index (χ2n) is 6.34. The molecule has 1 aliphatic heterocycles. The molecule has 0 aliphatic carbocycles. The van der Waals surface area contributed by atoms with Crippen molar-refractivity contribution >= 4 is 17.5 Å². The van der Waals surface area contributed by atoms with Crippen molar-refractivity contribution in [3.8, 4) is 0 Å². The number of nitrogens with zero attached hydrogens (tertiary/aromatic N) is 4. The zero-order valence-electron chi connectivity index (χ0n) is 13.6. The maximum atomic E-state index is 12.6. The van der Waals surface area contributed by atoms with Crippen molar-refractivity contribution in [3.05, 3.63) is 41.1 Å². The molecule has 1 fully saturated rings. The van der Waals surface area contributed by atoms with E-state index in [0.717, 1.165) is 13.1 Å².